The summed E-state index contributed by atoms with van der Waals surface area (Å²) in [5, 5.41) is 15.5. The van der Waals surface area contributed by atoms with Gasteiger partial charge in [-0.1, -0.05) is 27.5 Å². The Bertz CT molecular complexity index is 868. The van der Waals surface area contributed by atoms with E-state index < -0.39 is 0 Å². The van der Waals surface area contributed by atoms with E-state index in [2.05, 4.69) is 36.7 Å². The molecule has 0 bridgehead atoms. The molecule has 0 aliphatic heterocycles. The molecular weight excluding hydrogens is 422 g/mol. The van der Waals surface area contributed by atoms with Gasteiger partial charge >= 0.3 is 0 Å². The molecular formula is C17H15BrClN5O2. The third-order valence-electron chi connectivity index (χ3n) is 3.35. The average Bonchev–Trinajstić information content (AvgIpc) is 3.09. The van der Waals surface area contributed by atoms with Crippen molar-refractivity contribution < 1.29 is 9.53 Å². The smallest absolute Gasteiger partial charge is 0.243 e. The molecule has 1 amide bonds. The van der Waals surface area contributed by atoms with Crippen molar-refractivity contribution in [1.82, 2.24) is 25.5 Å². The molecule has 0 fully saturated rings. The topological polar surface area (TPSA) is 81.9 Å². The highest BCUT2D eigenvalue weighted by atomic mass is 79.9. The van der Waals surface area contributed by atoms with E-state index in [-0.39, 0.29) is 12.5 Å². The van der Waals surface area contributed by atoms with E-state index in [1.54, 1.807) is 24.3 Å². The van der Waals surface area contributed by atoms with E-state index in [0.717, 1.165) is 10.0 Å². The lowest BCUT2D eigenvalue weighted by Gasteiger charge is -2.07. The number of carbonyl (C=O) groups is 1. The molecule has 0 aliphatic rings. The van der Waals surface area contributed by atoms with Crippen LogP contribution in [-0.4, -0.2) is 39.3 Å². The summed E-state index contributed by atoms with van der Waals surface area (Å²) in [5.41, 5.74) is 0.830. The molecule has 0 saturated heterocycles. The number of aromatic nitrogens is 4. The van der Waals surface area contributed by atoms with Crippen LogP contribution in [0.1, 0.15) is 0 Å². The molecule has 0 saturated carbocycles. The summed E-state index contributed by atoms with van der Waals surface area (Å²) in [7, 11) is 0. The van der Waals surface area contributed by atoms with E-state index in [1.165, 1.54) is 4.80 Å². The quantitative estimate of drug-likeness (QED) is 0.576. The molecule has 9 heteroatoms. The van der Waals surface area contributed by atoms with Crippen molar-refractivity contribution in [1.29, 1.82) is 0 Å². The van der Waals surface area contributed by atoms with Crippen LogP contribution in [0, 0.1) is 0 Å². The number of rotatable bonds is 7. The molecule has 1 heterocycles. The molecule has 1 aromatic heterocycles. The van der Waals surface area contributed by atoms with Gasteiger partial charge in [0, 0.05) is 15.1 Å². The van der Waals surface area contributed by atoms with Gasteiger partial charge in [0.1, 0.15) is 18.9 Å². The van der Waals surface area contributed by atoms with Gasteiger partial charge in [-0.2, -0.15) is 4.80 Å². The largest absolute Gasteiger partial charge is 0.492 e. The normalized spacial score (nSPS) is 10.5. The van der Waals surface area contributed by atoms with Crippen LogP contribution in [0.15, 0.2) is 53.0 Å². The van der Waals surface area contributed by atoms with Crippen molar-refractivity contribution in [3.8, 4) is 17.1 Å². The van der Waals surface area contributed by atoms with Crippen LogP contribution < -0.4 is 10.1 Å². The number of halogens is 2. The van der Waals surface area contributed by atoms with E-state index in [0.29, 0.717) is 29.7 Å². The van der Waals surface area contributed by atoms with Crippen LogP contribution in [0.4, 0.5) is 0 Å². The molecule has 1 N–H and O–H groups in total. The first-order valence-corrected chi connectivity index (χ1v) is 8.96. The van der Waals surface area contributed by atoms with E-state index in [4.69, 9.17) is 16.3 Å². The van der Waals surface area contributed by atoms with Gasteiger partial charge in [-0.15, -0.1) is 10.2 Å². The van der Waals surface area contributed by atoms with Crippen LogP contribution >= 0.6 is 27.5 Å². The number of amides is 1. The second kappa shape index (κ2) is 8.77. The molecule has 3 aromatic rings. The summed E-state index contributed by atoms with van der Waals surface area (Å²) in [4.78, 5) is 13.2. The first kappa shape index (κ1) is 18.3. The maximum Gasteiger partial charge on any atom is 0.243 e. The van der Waals surface area contributed by atoms with Crippen molar-refractivity contribution >= 4 is 33.4 Å². The van der Waals surface area contributed by atoms with Gasteiger partial charge in [-0.25, -0.2) is 0 Å². The summed E-state index contributed by atoms with van der Waals surface area (Å²) in [6.07, 6.45) is 0. The minimum Gasteiger partial charge on any atom is -0.492 e. The molecule has 7 nitrogen and oxygen atoms in total. The lowest BCUT2D eigenvalue weighted by molar-refractivity contribution is -0.122. The van der Waals surface area contributed by atoms with Crippen LogP contribution in [0.3, 0.4) is 0 Å². The van der Waals surface area contributed by atoms with Gasteiger partial charge in [-0.05, 0) is 53.7 Å². The molecule has 26 heavy (non-hydrogen) atoms. The Morgan fingerprint density at radius 1 is 1.15 bits per heavy atom. The highest BCUT2D eigenvalue weighted by Crippen LogP contribution is 2.17. The highest BCUT2D eigenvalue weighted by Gasteiger charge is 2.09. The van der Waals surface area contributed by atoms with E-state index in [9.17, 15) is 4.79 Å². The summed E-state index contributed by atoms with van der Waals surface area (Å²) in [6.45, 7) is 0.711. The number of benzene rings is 2. The van der Waals surface area contributed by atoms with Gasteiger partial charge < -0.3 is 10.1 Å². The number of carbonyl (C=O) groups excluding carboxylic acids is 1. The highest BCUT2D eigenvalue weighted by molar-refractivity contribution is 9.10. The molecule has 0 aliphatic carbocycles. The zero-order chi connectivity index (χ0) is 18.4. The third-order valence-corrected chi connectivity index (χ3v) is 4.13. The minimum atomic E-state index is -0.218. The third kappa shape index (κ3) is 5.27. The predicted molar refractivity (Wildman–Crippen MR) is 101 cm³/mol. The van der Waals surface area contributed by atoms with Gasteiger partial charge in [-0.3, -0.25) is 4.79 Å². The van der Waals surface area contributed by atoms with Gasteiger partial charge in [0.15, 0.2) is 0 Å². The standard InChI is InChI=1S/C17H15BrClN5O2/c18-13-3-1-12(2-4-13)17-21-23-24(22-17)11-16(25)20-9-10-26-15-7-5-14(19)6-8-15/h1-8H,9-11H2,(H,20,25). The Balaban J connectivity index is 1.43. The number of tetrazole rings is 1. The van der Waals surface area contributed by atoms with Crippen molar-refractivity contribution in [2.75, 3.05) is 13.2 Å². The number of nitrogens with zero attached hydrogens (tertiary/aromatic N) is 4. The SMILES string of the molecule is O=C(Cn1nnc(-c2ccc(Br)cc2)n1)NCCOc1ccc(Cl)cc1. The average molecular weight is 437 g/mol. The van der Waals surface area contributed by atoms with Crippen molar-refractivity contribution in [2.24, 2.45) is 0 Å². The number of hydrogen-bond acceptors (Lipinski definition) is 5. The Morgan fingerprint density at radius 2 is 1.88 bits per heavy atom. The number of nitrogens with one attached hydrogen (secondary N) is 1. The van der Waals surface area contributed by atoms with Gasteiger partial charge in [0.05, 0.1) is 6.54 Å². The number of ether oxygens (including phenoxy) is 1. The molecule has 3 rings (SSSR count). The Kier molecular flexibility index (Phi) is 6.19. The fourth-order valence-electron chi connectivity index (χ4n) is 2.10. The van der Waals surface area contributed by atoms with Crippen molar-refractivity contribution in [2.45, 2.75) is 6.54 Å². The summed E-state index contributed by atoms with van der Waals surface area (Å²) in [6, 6.07) is 14.6. The summed E-state index contributed by atoms with van der Waals surface area (Å²) >= 11 is 9.18. The Morgan fingerprint density at radius 3 is 2.62 bits per heavy atom. The lowest BCUT2D eigenvalue weighted by atomic mass is 10.2. The molecule has 0 radical (unpaired) electrons. The van der Waals surface area contributed by atoms with Crippen LogP contribution in [-0.2, 0) is 11.3 Å². The monoisotopic (exact) mass is 435 g/mol. The second-order valence-electron chi connectivity index (χ2n) is 5.30. The molecule has 2 aromatic carbocycles. The predicted octanol–water partition coefficient (Wildman–Crippen LogP) is 2.95. The van der Waals surface area contributed by atoms with E-state index in [1.807, 2.05) is 24.3 Å². The fourth-order valence-corrected chi connectivity index (χ4v) is 2.49. The van der Waals surface area contributed by atoms with Gasteiger partial charge in [0.25, 0.3) is 0 Å². The first-order chi connectivity index (χ1) is 12.6. The fraction of sp³-hybridized carbons (Fsp3) is 0.176. The Hall–Kier alpha value is -2.45. The lowest BCUT2D eigenvalue weighted by Crippen LogP contribution is -2.31. The Labute approximate surface area is 163 Å². The second-order valence-corrected chi connectivity index (χ2v) is 6.65. The first-order valence-electron chi connectivity index (χ1n) is 7.79. The zero-order valence-electron chi connectivity index (χ0n) is 13.6. The van der Waals surface area contributed by atoms with Crippen LogP contribution in [0.5, 0.6) is 5.75 Å². The van der Waals surface area contributed by atoms with E-state index >= 15 is 0 Å². The molecule has 0 atom stereocenters. The van der Waals surface area contributed by atoms with Gasteiger partial charge in [0.2, 0.25) is 11.7 Å². The molecule has 134 valence electrons. The van der Waals surface area contributed by atoms with Crippen molar-refractivity contribution in [3.63, 3.8) is 0 Å². The maximum absolute atomic E-state index is 11.9. The zero-order valence-corrected chi connectivity index (χ0v) is 15.9. The maximum atomic E-state index is 11.9. The molecule has 0 spiro atoms. The minimum absolute atomic E-state index is 0.00945. The van der Waals surface area contributed by atoms with Crippen molar-refractivity contribution in [3.05, 3.63) is 58.0 Å². The van der Waals surface area contributed by atoms with Crippen LogP contribution in [0.25, 0.3) is 11.4 Å². The molecule has 0 unspecified atom stereocenters. The number of hydrogen-bond donors (Lipinski definition) is 1. The summed E-state index contributed by atoms with van der Waals surface area (Å²) in [5.74, 6) is 0.946. The summed E-state index contributed by atoms with van der Waals surface area (Å²) < 4.78 is 6.47. The van der Waals surface area contributed by atoms with Crippen LogP contribution in [0.2, 0.25) is 5.02 Å².